The molecule has 0 aliphatic carbocycles. The first-order valence-electron chi connectivity index (χ1n) is 7.25. The summed E-state index contributed by atoms with van der Waals surface area (Å²) >= 11 is 0. The van der Waals surface area contributed by atoms with Gasteiger partial charge in [-0.2, -0.15) is 0 Å². The minimum atomic E-state index is -0.360. The van der Waals surface area contributed by atoms with Gasteiger partial charge in [0.1, 0.15) is 0 Å². The van der Waals surface area contributed by atoms with Crippen molar-refractivity contribution in [2.75, 3.05) is 19.8 Å². The molecule has 1 aliphatic rings. The van der Waals surface area contributed by atoms with Gasteiger partial charge in [-0.25, -0.2) is 0 Å². The maximum atomic E-state index is 10.7. The fraction of sp³-hybridized carbons (Fsp3) is 0.600. The summed E-state index contributed by atoms with van der Waals surface area (Å²) in [5.74, 6) is 0.539. The van der Waals surface area contributed by atoms with Crippen LogP contribution in [0.3, 0.4) is 0 Å². The lowest BCUT2D eigenvalue weighted by Gasteiger charge is -2.24. The molecule has 5 nitrogen and oxygen atoms in total. The molecule has 1 fully saturated rings. The number of nitrogens with one attached hydrogen (secondary N) is 1. The van der Waals surface area contributed by atoms with Crippen molar-refractivity contribution in [3.05, 3.63) is 39.9 Å². The largest absolute Gasteiger partial charge is 0.381 e. The summed E-state index contributed by atoms with van der Waals surface area (Å²) < 4.78 is 5.48. The monoisotopic (exact) mass is 278 g/mol. The zero-order chi connectivity index (χ0) is 14.4. The molecule has 20 heavy (non-hydrogen) atoms. The highest BCUT2D eigenvalue weighted by Gasteiger charge is 2.25. The van der Waals surface area contributed by atoms with Crippen molar-refractivity contribution in [2.45, 2.75) is 32.2 Å². The van der Waals surface area contributed by atoms with Crippen LogP contribution >= 0.6 is 0 Å². The average molecular weight is 278 g/mol. The summed E-state index contributed by atoms with van der Waals surface area (Å²) in [7, 11) is 0. The zero-order valence-electron chi connectivity index (χ0n) is 11.9. The molecular weight excluding hydrogens is 256 g/mol. The molecule has 2 unspecified atom stereocenters. The minimum Gasteiger partial charge on any atom is -0.381 e. The molecule has 1 aromatic carbocycles. The van der Waals surface area contributed by atoms with Crippen molar-refractivity contribution < 1.29 is 9.66 Å². The number of benzene rings is 1. The van der Waals surface area contributed by atoms with Crippen LogP contribution in [-0.4, -0.2) is 30.7 Å². The zero-order valence-corrected chi connectivity index (χ0v) is 11.9. The molecule has 0 bridgehead atoms. The van der Waals surface area contributed by atoms with Gasteiger partial charge in [-0.1, -0.05) is 19.1 Å². The highest BCUT2D eigenvalue weighted by Crippen LogP contribution is 2.21. The third kappa shape index (κ3) is 4.02. The van der Waals surface area contributed by atoms with E-state index in [0.29, 0.717) is 12.0 Å². The first-order valence-corrected chi connectivity index (χ1v) is 7.25. The van der Waals surface area contributed by atoms with Gasteiger partial charge in [0.15, 0.2) is 0 Å². The number of non-ortho nitro benzene ring substituents is 1. The van der Waals surface area contributed by atoms with E-state index < -0.39 is 0 Å². The first kappa shape index (κ1) is 14.9. The van der Waals surface area contributed by atoms with E-state index in [2.05, 4.69) is 12.2 Å². The van der Waals surface area contributed by atoms with Crippen molar-refractivity contribution in [2.24, 2.45) is 5.92 Å². The van der Waals surface area contributed by atoms with E-state index in [1.54, 1.807) is 12.1 Å². The van der Waals surface area contributed by atoms with Crippen molar-refractivity contribution in [1.82, 2.24) is 5.32 Å². The van der Waals surface area contributed by atoms with Gasteiger partial charge >= 0.3 is 0 Å². The van der Waals surface area contributed by atoms with E-state index in [4.69, 9.17) is 4.74 Å². The highest BCUT2D eigenvalue weighted by atomic mass is 16.6. The topological polar surface area (TPSA) is 64.4 Å². The maximum Gasteiger partial charge on any atom is 0.269 e. The molecule has 0 radical (unpaired) electrons. The summed E-state index contributed by atoms with van der Waals surface area (Å²) in [5, 5.41) is 14.2. The van der Waals surface area contributed by atoms with E-state index in [-0.39, 0.29) is 10.6 Å². The van der Waals surface area contributed by atoms with Crippen molar-refractivity contribution in [3.63, 3.8) is 0 Å². The third-order valence-electron chi connectivity index (χ3n) is 3.79. The molecule has 110 valence electrons. The van der Waals surface area contributed by atoms with E-state index in [0.717, 1.165) is 44.6 Å². The summed E-state index contributed by atoms with van der Waals surface area (Å²) in [6, 6.07) is 7.26. The summed E-state index contributed by atoms with van der Waals surface area (Å²) in [6.07, 6.45) is 3.09. The highest BCUT2D eigenvalue weighted by molar-refractivity contribution is 5.33. The fourth-order valence-corrected chi connectivity index (χ4v) is 2.61. The molecule has 0 spiro atoms. The lowest BCUT2D eigenvalue weighted by molar-refractivity contribution is -0.384. The fourth-order valence-electron chi connectivity index (χ4n) is 2.61. The van der Waals surface area contributed by atoms with Gasteiger partial charge < -0.3 is 10.1 Å². The lowest BCUT2D eigenvalue weighted by atomic mass is 9.92. The number of hydrogen-bond donors (Lipinski definition) is 1. The predicted octanol–water partition coefficient (Wildman–Crippen LogP) is 2.54. The minimum absolute atomic E-state index is 0.149. The molecule has 0 amide bonds. The van der Waals surface area contributed by atoms with Crippen LogP contribution in [0.5, 0.6) is 0 Å². The summed E-state index contributed by atoms with van der Waals surface area (Å²) in [6.45, 7) is 4.80. The van der Waals surface area contributed by atoms with Crippen LogP contribution in [0.1, 0.15) is 25.3 Å². The Morgan fingerprint density at radius 2 is 2.20 bits per heavy atom. The Bertz CT molecular complexity index is 427. The number of ether oxygens (including phenoxy) is 1. The predicted molar refractivity (Wildman–Crippen MR) is 77.8 cm³/mol. The number of hydrogen-bond acceptors (Lipinski definition) is 4. The number of rotatable bonds is 7. The molecule has 1 N–H and O–H groups in total. The second kappa shape index (κ2) is 7.36. The van der Waals surface area contributed by atoms with Gasteiger partial charge in [-0.15, -0.1) is 0 Å². The van der Waals surface area contributed by atoms with Crippen LogP contribution in [-0.2, 0) is 11.2 Å². The van der Waals surface area contributed by atoms with Gasteiger partial charge in [0.05, 0.1) is 11.5 Å². The van der Waals surface area contributed by atoms with E-state index >= 15 is 0 Å². The maximum absolute atomic E-state index is 10.7. The molecule has 1 heterocycles. The van der Waals surface area contributed by atoms with Gasteiger partial charge in [0.25, 0.3) is 5.69 Å². The Morgan fingerprint density at radius 3 is 2.75 bits per heavy atom. The molecule has 2 rings (SSSR count). The second-order valence-corrected chi connectivity index (χ2v) is 5.31. The molecule has 1 aliphatic heterocycles. The Balaban J connectivity index is 2.00. The molecule has 0 saturated carbocycles. The van der Waals surface area contributed by atoms with Gasteiger partial charge in [0.2, 0.25) is 0 Å². The Morgan fingerprint density at radius 1 is 1.45 bits per heavy atom. The lowest BCUT2D eigenvalue weighted by Crippen LogP contribution is -2.38. The first-order chi connectivity index (χ1) is 9.70. The quantitative estimate of drug-likeness (QED) is 0.615. The molecule has 1 saturated heterocycles. The van der Waals surface area contributed by atoms with Gasteiger partial charge in [-0.05, 0) is 31.4 Å². The normalized spacial score (nSPS) is 19.9. The van der Waals surface area contributed by atoms with Gasteiger partial charge in [-0.3, -0.25) is 10.1 Å². The van der Waals surface area contributed by atoms with Crippen LogP contribution in [0.4, 0.5) is 5.69 Å². The van der Waals surface area contributed by atoms with Crippen molar-refractivity contribution >= 4 is 5.69 Å². The van der Waals surface area contributed by atoms with E-state index in [9.17, 15) is 10.1 Å². The van der Waals surface area contributed by atoms with Crippen LogP contribution in [0.15, 0.2) is 24.3 Å². The van der Waals surface area contributed by atoms with Crippen LogP contribution in [0.25, 0.3) is 0 Å². The summed E-state index contributed by atoms with van der Waals surface area (Å²) in [4.78, 5) is 10.3. The number of nitro benzene ring substituents is 1. The van der Waals surface area contributed by atoms with Crippen LogP contribution < -0.4 is 5.32 Å². The standard InChI is InChI=1S/C15H22N2O3/c1-2-8-16-15(13-7-9-20-11-13)10-12-3-5-14(6-4-12)17(18)19/h3-6,13,15-16H,2,7-11H2,1H3. The SMILES string of the molecule is CCCNC(Cc1ccc([N+](=O)[O-])cc1)C1CCOC1. The molecular formula is C15H22N2O3. The second-order valence-electron chi connectivity index (χ2n) is 5.31. The van der Waals surface area contributed by atoms with Crippen molar-refractivity contribution in [1.29, 1.82) is 0 Å². The molecule has 0 aromatic heterocycles. The smallest absolute Gasteiger partial charge is 0.269 e. The Hall–Kier alpha value is -1.46. The van der Waals surface area contributed by atoms with E-state index in [1.165, 1.54) is 0 Å². The average Bonchev–Trinajstić information content (AvgIpc) is 2.98. The van der Waals surface area contributed by atoms with Gasteiger partial charge in [0, 0.05) is 30.7 Å². The Labute approximate surface area is 119 Å². The Kier molecular flexibility index (Phi) is 5.49. The molecule has 5 heteroatoms. The van der Waals surface area contributed by atoms with E-state index in [1.807, 2.05) is 12.1 Å². The third-order valence-corrected chi connectivity index (χ3v) is 3.79. The summed E-state index contributed by atoms with van der Waals surface area (Å²) in [5.41, 5.74) is 1.28. The van der Waals surface area contributed by atoms with Crippen LogP contribution in [0, 0.1) is 16.0 Å². The molecule has 1 aromatic rings. The number of nitrogens with zero attached hydrogens (tertiary/aromatic N) is 1. The van der Waals surface area contributed by atoms with Crippen molar-refractivity contribution in [3.8, 4) is 0 Å². The van der Waals surface area contributed by atoms with Crippen LogP contribution in [0.2, 0.25) is 0 Å². The number of nitro groups is 1. The molecule has 2 atom stereocenters.